The van der Waals surface area contributed by atoms with Gasteiger partial charge in [0.15, 0.2) is 23.3 Å². The van der Waals surface area contributed by atoms with Crippen molar-refractivity contribution in [2.45, 2.75) is 6.54 Å². The van der Waals surface area contributed by atoms with E-state index in [4.69, 9.17) is 0 Å². The first-order chi connectivity index (χ1) is 10.7. The minimum absolute atomic E-state index is 0.0455. The summed E-state index contributed by atoms with van der Waals surface area (Å²) in [6.07, 6.45) is 0. The molecule has 3 rings (SSSR count). The summed E-state index contributed by atoms with van der Waals surface area (Å²) < 4.78 is 41.1. The van der Waals surface area contributed by atoms with Gasteiger partial charge in [-0.05, 0) is 34.7 Å². The predicted octanol–water partition coefficient (Wildman–Crippen LogP) is 2.69. The van der Waals surface area contributed by atoms with Crippen LogP contribution in [0.5, 0.6) is 0 Å². The lowest BCUT2D eigenvalue weighted by molar-refractivity contribution is 0.449. The summed E-state index contributed by atoms with van der Waals surface area (Å²) in [6, 6.07) is 11.1. The van der Waals surface area contributed by atoms with Crippen molar-refractivity contribution in [3.8, 4) is 5.69 Å². The van der Waals surface area contributed by atoms with E-state index >= 15 is 0 Å². The van der Waals surface area contributed by atoms with Crippen molar-refractivity contribution in [3.63, 3.8) is 0 Å². The van der Waals surface area contributed by atoms with Gasteiger partial charge in [-0.3, -0.25) is 0 Å². The third-order valence-electron chi connectivity index (χ3n) is 3.01. The molecule has 0 atom stereocenters. The molecule has 0 amide bonds. The Morgan fingerprint density at radius 1 is 0.955 bits per heavy atom. The molecule has 0 aliphatic rings. The zero-order chi connectivity index (χ0) is 15.5. The number of hydrogen-bond donors (Lipinski definition) is 1. The van der Waals surface area contributed by atoms with Gasteiger partial charge in [-0.25, -0.2) is 13.2 Å². The van der Waals surface area contributed by atoms with Crippen molar-refractivity contribution < 1.29 is 13.2 Å². The average Bonchev–Trinajstić information content (AvgIpc) is 3.01. The summed E-state index contributed by atoms with van der Waals surface area (Å²) in [5, 5.41) is 13.9. The summed E-state index contributed by atoms with van der Waals surface area (Å²) in [4.78, 5) is 0. The van der Waals surface area contributed by atoms with E-state index in [-0.39, 0.29) is 12.2 Å². The Hall–Kier alpha value is -2.90. The Kier molecular flexibility index (Phi) is 3.73. The minimum atomic E-state index is -1.52. The van der Waals surface area contributed by atoms with Crippen LogP contribution in [0.1, 0.15) is 5.82 Å². The topological polar surface area (TPSA) is 55.6 Å². The SMILES string of the molecule is Fc1ccc(NCc2nnnn2-c2ccccc2)c(F)c1F. The van der Waals surface area contributed by atoms with E-state index < -0.39 is 17.5 Å². The van der Waals surface area contributed by atoms with Gasteiger partial charge in [0.05, 0.1) is 17.9 Å². The quantitative estimate of drug-likeness (QED) is 0.753. The van der Waals surface area contributed by atoms with E-state index in [1.165, 1.54) is 4.68 Å². The predicted molar refractivity (Wildman–Crippen MR) is 72.8 cm³/mol. The summed E-state index contributed by atoms with van der Waals surface area (Å²) in [7, 11) is 0. The van der Waals surface area contributed by atoms with Gasteiger partial charge in [-0.1, -0.05) is 18.2 Å². The van der Waals surface area contributed by atoms with Crippen molar-refractivity contribution in [1.82, 2.24) is 20.2 Å². The molecule has 0 radical (unpaired) electrons. The number of aromatic nitrogens is 4. The van der Waals surface area contributed by atoms with Gasteiger partial charge in [-0.2, -0.15) is 4.68 Å². The molecule has 22 heavy (non-hydrogen) atoms. The second kappa shape index (κ2) is 5.84. The molecular formula is C14H10F3N5. The van der Waals surface area contributed by atoms with E-state index in [9.17, 15) is 13.2 Å². The zero-order valence-corrected chi connectivity index (χ0v) is 11.2. The van der Waals surface area contributed by atoms with Crippen LogP contribution in [-0.2, 0) is 6.54 Å². The monoisotopic (exact) mass is 305 g/mol. The lowest BCUT2D eigenvalue weighted by Crippen LogP contribution is -2.10. The first-order valence-corrected chi connectivity index (χ1v) is 6.37. The standard InChI is InChI=1S/C14H10F3N5/c15-10-6-7-11(14(17)13(10)16)18-8-12-19-20-21-22(12)9-4-2-1-3-5-9/h1-7,18H,8H2. The molecule has 0 bridgehead atoms. The molecule has 1 aromatic heterocycles. The summed E-state index contributed by atoms with van der Waals surface area (Å²) in [5.74, 6) is -3.64. The van der Waals surface area contributed by atoms with Crippen LogP contribution in [-0.4, -0.2) is 20.2 Å². The molecule has 0 aliphatic heterocycles. The molecule has 0 unspecified atom stereocenters. The van der Waals surface area contributed by atoms with Gasteiger partial charge in [0.25, 0.3) is 0 Å². The lowest BCUT2D eigenvalue weighted by atomic mass is 10.2. The number of nitrogens with one attached hydrogen (secondary N) is 1. The highest BCUT2D eigenvalue weighted by Gasteiger charge is 2.14. The van der Waals surface area contributed by atoms with Gasteiger partial charge in [0, 0.05) is 0 Å². The fraction of sp³-hybridized carbons (Fsp3) is 0.0714. The van der Waals surface area contributed by atoms with Crippen molar-refractivity contribution in [1.29, 1.82) is 0 Å². The van der Waals surface area contributed by atoms with Crippen molar-refractivity contribution in [2.75, 3.05) is 5.32 Å². The fourth-order valence-electron chi connectivity index (χ4n) is 1.92. The second-order valence-corrected chi connectivity index (χ2v) is 4.42. The van der Waals surface area contributed by atoms with E-state index in [2.05, 4.69) is 20.8 Å². The maximum absolute atomic E-state index is 13.6. The number of rotatable bonds is 4. The Bertz CT molecular complexity index is 788. The molecule has 8 heteroatoms. The van der Waals surface area contributed by atoms with Crippen LogP contribution in [0.15, 0.2) is 42.5 Å². The highest BCUT2D eigenvalue weighted by atomic mass is 19.2. The Morgan fingerprint density at radius 3 is 2.50 bits per heavy atom. The smallest absolute Gasteiger partial charge is 0.196 e. The molecule has 112 valence electrons. The van der Waals surface area contributed by atoms with E-state index in [0.29, 0.717) is 5.82 Å². The minimum Gasteiger partial charge on any atom is -0.375 e. The Morgan fingerprint density at radius 2 is 1.73 bits per heavy atom. The molecule has 0 saturated carbocycles. The van der Waals surface area contributed by atoms with E-state index in [1.54, 1.807) is 12.1 Å². The lowest BCUT2D eigenvalue weighted by Gasteiger charge is -2.08. The van der Waals surface area contributed by atoms with Crippen LogP contribution in [0.2, 0.25) is 0 Å². The number of nitrogens with zero attached hydrogens (tertiary/aromatic N) is 4. The van der Waals surface area contributed by atoms with Gasteiger partial charge < -0.3 is 5.32 Å². The molecule has 2 aromatic carbocycles. The van der Waals surface area contributed by atoms with Gasteiger partial charge >= 0.3 is 0 Å². The van der Waals surface area contributed by atoms with Crippen LogP contribution in [0, 0.1) is 17.5 Å². The zero-order valence-electron chi connectivity index (χ0n) is 11.2. The average molecular weight is 305 g/mol. The molecule has 5 nitrogen and oxygen atoms in total. The summed E-state index contributed by atoms with van der Waals surface area (Å²) in [6.45, 7) is 0.0455. The molecule has 1 heterocycles. The first kappa shape index (κ1) is 14.1. The summed E-state index contributed by atoms with van der Waals surface area (Å²) in [5.41, 5.74) is 0.566. The van der Waals surface area contributed by atoms with E-state index in [1.807, 2.05) is 18.2 Å². The maximum Gasteiger partial charge on any atom is 0.196 e. The number of anilines is 1. The highest BCUT2D eigenvalue weighted by molar-refractivity contribution is 5.45. The molecule has 0 fully saturated rings. The normalized spacial score (nSPS) is 10.7. The number of benzene rings is 2. The maximum atomic E-state index is 13.6. The summed E-state index contributed by atoms with van der Waals surface area (Å²) >= 11 is 0. The van der Waals surface area contributed by atoms with Crippen LogP contribution in [0.4, 0.5) is 18.9 Å². The number of halogens is 3. The number of para-hydroxylation sites is 1. The van der Waals surface area contributed by atoms with Crippen LogP contribution in [0.25, 0.3) is 5.69 Å². The molecule has 0 aliphatic carbocycles. The first-order valence-electron chi connectivity index (χ1n) is 6.37. The van der Waals surface area contributed by atoms with Crippen molar-refractivity contribution in [2.24, 2.45) is 0 Å². The Balaban J connectivity index is 1.81. The Labute approximate surface area is 123 Å². The number of hydrogen-bond acceptors (Lipinski definition) is 4. The largest absolute Gasteiger partial charge is 0.375 e. The molecule has 1 N–H and O–H groups in total. The fourth-order valence-corrected chi connectivity index (χ4v) is 1.92. The van der Waals surface area contributed by atoms with Crippen LogP contribution in [0.3, 0.4) is 0 Å². The van der Waals surface area contributed by atoms with Gasteiger partial charge in [-0.15, -0.1) is 5.10 Å². The highest BCUT2D eigenvalue weighted by Crippen LogP contribution is 2.20. The molecule has 3 aromatic rings. The molecular weight excluding hydrogens is 295 g/mol. The van der Waals surface area contributed by atoms with Gasteiger partial charge in [0.2, 0.25) is 0 Å². The van der Waals surface area contributed by atoms with Crippen molar-refractivity contribution in [3.05, 3.63) is 65.7 Å². The van der Waals surface area contributed by atoms with Crippen LogP contribution < -0.4 is 5.32 Å². The van der Waals surface area contributed by atoms with E-state index in [0.717, 1.165) is 17.8 Å². The van der Waals surface area contributed by atoms with Crippen LogP contribution >= 0.6 is 0 Å². The number of tetrazole rings is 1. The molecule has 0 saturated heterocycles. The third kappa shape index (κ3) is 2.62. The molecule has 0 spiro atoms. The van der Waals surface area contributed by atoms with Crippen molar-refractivity contribution >= 4 is 5.69 Å². The second-order valence-electron chi connectivity index (χ2n) is 4.42. The third-order valence-corrected chi connectivity index (χ3v) is 3.01. The van der Waals surface area contributed by atoms with Gasteiger partial charge in [0.1, 0.15) is 0 Å².